The van der Waals surface area contributed by atoms with E-state index in [1.807, 2.05) is 61.5 Å². The molecule has 0 radical (unpaired) electrons. The molecule has 31 heavy (non-hydrogen) atoms. The van der Waals surface area contributed by atoms with Crippen molar-refractivity contribution in [3.05, 3.63) is 82.7 Å². The summed E-state index contributed by atoms with van der Waals surface area (Å²) in [4.78, 5) is 26.0. The molecule has 5 nitrogen and oxygen atoms in total. The number of para-hydroxylation sites is 1. The Bertz CT molecular complexity index is 1100. The summed E-state index contributed by atoms with van der Waals surface area (Å²) in [6.45, 7) is 6.04. The average molecular weight is 418 g/mol. The Morgan fingerprint density at radius 2 is 1.74 bits per heavy atom. The van der Waals surface area contributed by atoms with Gasteiger partial charge in [0.1, 0.15) is 11.5 Å². The van der Waals surface area contributed by atoms with Crippen molar-refractivity contribution in [3.63, 3.8) is 0 Å². The van der Waals surface area contributed by atoms with Gasteiger partial charge in [0.2, 0.25) is 0 Å². The van der Waals surface area contributed by atoms with Gasteiger partial charge in [-0.2, -0.15) is 0 Å². The van der Waals surface area contributed by atoms with Crippen LogP contribution >= 0.6 is 0 Å². The minimum absolute atomic E-state index is 0.0621. The monoisotopic (exact) mass is 417 g/mol. The van der Waals surface area contributed by atoms with Crippen LogP contribution in [0, 0.1) is 5.41 Å². The molecular formula is C26H27NO4. The molecule has 4 rings (SSSR count). The highest BCUT2D eigenvalue weighted by molar-refractivity contribution is 6.04. The van der Waals surface area contributed by atoms with Crippen LogP contribution in [0.5, 0.6) is 11.5 Å². The van der Waals surface area contributed by atoms with Crippen LogP contribution in [0.1, 0.15) is 45.1 Å². The Balaban J connectivity index is 1.81. The zero-order valence-electron chi connectivity index (χ0n) is 18.3. The number of benzene rings is 2. The molecule has 0 saturated carbocycles. The zero-order valence-corrected chi connectivity index (χ0v) is 18.3. The van der Waals surface area contributed by atoms with Gasteiger partial charge in [-0.1, -0.05) is 44.2 Å². The van der Waals surface area contributed by atoms with E-state index in [2.05, 4.69) is 19.2 Å². The second-order valence-electron chi connectivity index (χ2n) is 8.91. The molecular weight excluding hydrogens is 390 g/mol. The molecule has 1 atom stereocenters. The van der Waals surface area contributed by atoms with Gasteiger partial charge < -0.3 is 14.8 Å². The Morgan fingerprint density at radius 1 is 1.03 bits per heavy atom. The Morgan fingerprint density at radius 3 is 2.45 bits per heavy atom. The summed E-state index contributed by atoms with van der Waals surface area (Å²) in [7, 11) is 1.37. The maximum Gasteiger partial charge on any atom is 0.336 e. The third-order valence-electron chi connectivity index (χ3n) is 5.82. The van der Waals surface area contributed by atoms with Gasteiger partial charge in [0, 0.05) is 29.3 Å². The number of dihydropyridines is 1. The fourth-order valence-electron chi connectivity index (χ4n) is 4.53. The summed E-state index contributed by atoms with van der Waals surface area (Å²) < 4.78 is 11.1. The first-order chi connectivity index (χ1) is 14.8. The molecule has 0 amide bonds. The Kier molecular flexibility index (Phi) is 5.44. The molecule has 0 bridgehead atoms. The first-order valence-corrected chi connectivity index (χ1v) is 10.4. The van der Waals surface area contributed by atoms with Crippen molar-refractivity contribution in [1.82, 2.24) is 5.32 Å². The predicted molar refractivity (Wildman–Crippen MR) is 119 cm³/mol. The lowest BCUT2D eigenvalue weighted by atomic mass is 9.68. The van der Waals surface area contributed by atoms with E-state index in [4.69, 9.17) is 9.47 Å². The van der Waals surface area contributed by atoms with Crippen molar-refractivity contribution in [2.24, 2.45) is 5.41 Å². The molecule has 1 aliphatic carbocycles. The number of ether oxygens (including phenoxy) is 2. The third-order valence-corrected chi connectivity index (χ3v) is 5.82. The van der Waals surface area contributed by atoms with Gasteiger partial charge in [0.15, 0.2) is 5.78 Å². The smallest absolute Gasteiger partial charge is 0.336 e. The van der Waals surface area contributed by atoms with Crippen molar-refractivity contribution < 1.29 is 19.1 Å². The fourth-order valence-corrected chi connectivity index (χ4v) is 4.53. The van der Waals surface area contributed by atoms with Crippen LogP contribution in [0.15, 0.2) is 77.1 Å². The van der Waals surface area contributed by atoms with E-state index in [1.165, 1.54) is 7.11 Å². The molecule has 1 aliphatic heterocycles. The summed E-state index contributed by atoms with van der Waals surface area (Å²) in [5, 5.41) is 3.33. The number of carbonyl (C=O) groups is 2. The van der Waals surface area contributed by atoms with E-state index in [0.29, 0.717) is 23.3 Å². The topological polar surface area (TPSA) is 64.6 Å². The molecule has 1 N–H and O–H groups in total. The van der Waals surface area contributed by atoms with Gasteiger partial charge in [-0.25, -0.2) is 4.79 Å². The number of ketones is 1. The average Bonchev–Trinajstić information content (AvgIpc) is 2.72. The number of esters is 1. The van der Waals surface area contributed by atoms with E-state index in [1.54, 1.807) is 0 Å². The second-order valence-corrected chi connectivity index (χ2v) is 8.91. The van der Waals surface area contributed by atoms with Gasteiger partial charge >= 0.3 is 5.97 Å². The molecule has 2 aromatic carbocycles. The summed E-state index contributed by atoms with van der Waals surface area (Å²) in [6, 6.07) is 17.1. The molecule has 2 aromatic rings. The summed E-state index contributed by atoms with van der Waals surface area (Å²) in [5.74, 6) is 0.502. The summed E-state index contributed by atoms with van der Waals surface area (Å²) in [6.07, 6.45) is 1.19. The molecule has 0 aromatic heterocycles. The lowest BCUT2D eigenvalue weighted by Gasteiger charge is -2.39. The summed E-state index contributed by atoms with van der Waals surface area (Å²) >= 11 is 0. The van der Waals surface area contributed by atoms with Gasteiger partial charge in [0.05, 0.1) is 12.7 Å². The van der Waals surface area contributed by atoms with Gasteiger partial charge in [-0.15, -0.1) is 0 Å². The van der Waals surface area contributed by atoms with E-state index < -0.39 is 11.9 Å². The number of rotatable bonds is 4. The van der Waals surface area contributed by atoms with Crippen molar-refractivity contribution in [2.75, 3.05) is 7.11 Å². The Hall–Kier alpha value is -3.34. The van der Waals surface area contributed by atoms with Gasteiger partial charge in [-0.3, -0.25) is 4.79 Å². The Labute approximate surface area is 182 Å². The highest BCUT2D eigenvalue weighted by atomic mass is 16.5. The lowest BCUT2D eigenvalue weighted by molar-refractivity contribution is -0.136. The standard InChI is InChI=1S/C26H27NO4/c1-16-22(25(29)30-4)23(24-20(27-16)14-26(2,3)15-21(24)28)17-9-8-12-19(13-17)31-18-10-6-5-7-11-18/h5-13,23,27H,14-15H2,1-4H3/t23-/m1/s1. The third kappa shape index (κ3) is 4.13. The lowest BCUT2D eigenvalue weighted by Crippen LogP contribution is -2.38. The highest BCUT2D eigenvalue weighted by Crippen LogP contribution is 2.47. The van der Waals surface area contributed by atoms with Gasteiger partial charge in [0.25, 0.3) is 0 Å². The minimum Gasteiger partial charge on any atom is -0.466 e. The maximum absolute atomic E-state index is 13.3. The number of allylic oxidation sites excluding steroid dienone is 3. The van der Waals surface area contributed by atoms with Crippen LogP contribution in [0.25, 0.3) is 0 Å². The normalized spacial score (nSPS) is 20.1. The van der Waals surface area contributed by atoms with Crippen LogP contribution in [0.4, 0.5) is 0 Å². The fraction of sp³-hybridized carbons (Fsp3) is 0.308. The molecule has 5 heteroatoms. The number of Topliss-reactive ketones (excluding diaryl/α,β-unsaturated/α-hetero) is 1. The second kappa shape index (κ2) is 8.06. The highest BCUT2D eigenvalue weighted by Gasteiger charge is 2.43. The SMILES string of the molecule is COC(=O)C1=C(C)NC2=C(C(=O)CC(C)(C)C2)[C@@H]1c1cccc(Oc2ccccc2)c1. The van der Waals surface area contributed by atoms with Crippen LogP contribution in [0.2, 0.25) is 0 Å². The van der Waals surface area contributed by atoms with Crippen LogP contribution < -0.4 is 10.1 Å². The number of hydrogen-bond acceptors (Lipinski definition) is 5. The predicted octanol–water partition coefficient (Wildman–Crippen LogP) is 5.26. The maximum atomic E-state index is 13.3. The van der Waals surface area contributed by atoms with E-state index in [9.17, 15) is 9.59 Å². The van der Waals surface area contributed by atoms with E-state index in [-0.39, 0.29) is 11.2 Å². The van der Waals surface area contributed by atoms with Gasteiger partial charge in [-0.05, 0) is 48.6 Å². The van der Waals surface area contributed by atoms with Crippen molar-refractivity contribution in [2.45, 2.75) is 39.5 Å². The molecule has 2 aliphatic rings. The summed E-state index contributed by atoms with van der Waals surface area (Å²) in [5.41, 5.74) is 3.43. The molecule has 1 heterocycles. The molecule has 0 saturated heterocycles. The zero-order chi connectivity index (χ0) is 22.2. The van der Waals surface area contributed by atoms with E-state index >= 15 is 0 Å². The van der Waals surface area contributed by atoms with Crippen molar-refractivity contribution >= 4 is 11.8 Å². The van der Waals surface area contributed by atoms with Crippen LogP contribution in [0.3, 0.4) is 0 Å². The van der Waals surface area contributed by atoms with Crippen LogP contribution in [-0.4, -0.2) is 18.9 Å². The van der Waals surface area contributed by atoms with E-state index in [0.717, 1.165) is 29.1 Å². The number of carbonyl (C=O) groups excluding carboxylic acids is 2. The molecule has 0 unspecified atom stereocenters. The quantitative estimate of drug-likeness (QED) is 0.688. The number of hydrogen-bond donors (Lipinski definition) is 1. The molecule has 160 valence electrons. The molecule has 0 spiro atoms. The number of nitrogens with one attached hydrogen (secondary N) is 1. The van der Waals surface area contributed by atoms with Crippen molar-refractivity contribution in [3.8, 4) is 11.5 Å². The molecule has 0 fully saturated rings. The largest absolute Gasteiger partial charge is 0.466 e. The minimum atomic E-state index is -0.494. The van der Waals surface area contributed by atoms with Crippen molar-refractivity contribution in [1.29, 1.82) is 0 Å². The first kappa shape index (κ1) is 20.9. The number of methoxy groups -OCH3 is 1. The van der Waals surface area contributed by atoms with Crippen LogP contribution in [-0.2, 0) is 14.3 Å². The first-order valence-electron chi connectivity index (χ1n) is 10.4.